The van der Waals surface area contributed by atoms with Crippen molar-refractivity contribution in [2.24, 2.45) is 0 Å². The van der Waals surface area contributed by atoms with Gasteiger partial charge in [-0.3, -0.25) is 4.90 Å². The average Bonchev–Trinajstić information content (AvgIpc) is 3.02. The molecular formula is C14H17ClN6. The summed E-state index contributed by atoms with van der Waals surface area (Å²) in [5, 5.41) is 12.8. The monoisotopic (exact) mass is 304 g/mol. The Morgan fingerprint density at radius 3 is 2.86 bits per heavy atom. The summed E-state index contributed by atoms with van der Waals surface area (Å²) in [6.45, 7) is 2.14. The van der Waals surface area contributed by atoms with Crippen LogP contribution in [0.1, 0.15) is 25.3 Å². The highest BCUT2D eigenvalue weighted by atomic mass is 35.5. The summed E-state index contributed by atoms with van der Waals surface area (Å²) in [5.41, 5.74) is 7.50. The van der Waals surface area contributed by atoms with Crippen molar-refractivity contribution in [1.29, 1.82) is 0 Å². The van der Waals surface area contributed by atoms with Crippen LogP contribution < -0.4 is 5.73 Å². The van der Waals surface area contributed by atoms with E-state index in [2.05, 4.69) is 20.4 Å². The van der Waals surface area contributed by atoms with E-state index in [4.69, 9.17) is 17.3 Å². The van der Waals surface area contributed by atoms with Gasteiger partial charge in [0.05, 0.1) is 6.04 Å². The Hall–Kier alpha value is -1.66. The molecule has 1 aliphatic carbocycles. The van der Waals surface area contributed by atoms with Crippen LogP contribution in [0.5, 0.6) is 0 Å². The van der Waals surface area contributed by atoms with E-state index in [1.54, 1.807) is 12.1 Å². The van der Waals surface area contributed by atoms with Crippen LogP contribution >= 0.6 is 11.6 Å². The molecule has 6 nitrogen and oxygen atoms in total. The van der Waals surface area contributed by atoms with Crippen LogP contribution in [0.25, 0.3) is 11.4 Å². The summed E-state index contributed by atoms with van der Waals surface area (Å²) in [4.78, 5) is 2.54. The van der Waals surface area contributed by atoms with E-state index in [1.807, 2.05) is 10.7 Å². The first-order valence-corrected chi connectivity index (χ1v) is 7.67. The highest BCUT2D eigenvalue weighted by Crippen LogP contribution is 2.35. The van der Waals surface area contributed by atoms with Crippen molar-refractivity contribution in [2.45, 2.75) is 31.3 Å². The van der Waals surface area contributed by atoms with Gasteiger partial charge in [-0.2, -0.15) is 0 Å². The summed E-state index contributed by atoms with van der Waals surface area (Å²) < 4.78 is 1.91. The van der Waals surface area contributed by atoms with Crippen LogP contribution in [-0.4, -0.2) is 44.2 Å². The Morgan fingerprint density at radius 1 is 1.19 bits per heavy atom. The number of tetrazole rings is 1. The minimum Gasteiger partial charge on any atom is -0.398 e. The number of halogens is 1. The highest BCUT2D eigenvalue weighted by molar-refractivity contribution is 6.31. The molecule has 1 saturated carbocycles. The average molecular weight is 305 g/mol. The number of nitrogens with zero attached hydrogens (tertiary/aromatic N) is 5. The number of rotatable bonds is 3. The van der Waals surface area contributed by atoms with Gasteiger partial charge in [0, 0.05) is 35.4 Å². The number of nitrogen functional groups attached to an aromatic ring is 1. The third-order valence-electron chi connectivity index (χ3n) is 4.35. The maximum absolute atomic E-state index is 6.08. The first-order valence-electron chi connectivity index (χ1n) is 7.29. The molecular weight excluding hydrogens is 288 g/mol. The number of nitrogens with two attached hydrogens (primary N) is 1. The van der Waals surface area contributed by atoms with Gasteiger partial charge >= 0.3 is 0 Å². The first-order chi connectivity index (χ1) is 10.2. The molecule has 1 saturated heterocycles. The molecule has 110 valence electrons. The second-order valence-corrected chi connectivity index (χ2v) is 6.28. The smallest absolute Gasteiger partial charge is 0.184 e. The Balaban J connectivity index is 1.66. The molecule has 0 spiro atoms. The molecule has 1 aromatic heterocycles. The normalized spacial score (nSPS) is 22.8. The molecule has 2 N–H and O–H groups in total. The summed E-state index contributed by atoms with van der Waals surface area (Å²) in [5.74, 6) is 0.706. The summed E-state index contributed by atoms with van der Waals surface area (Å²) in [6.07, 6.45) is 3.74. The van der Waals surface area contributed by atoms with Crippen molar-refractivity contribution in [1.82, 2.24) is 25.1 Å². The van der Waals surface area contributed by atoms with Gasteiger partial charge in [-0.15, -0.1) is 5.10 Å². The standard InChI is InChI=1S/C14H17ClN6/c15-9-1-4-13(16)12(7-9)14-17-18-19-21(14)11-5-6-20(8-11)10-2-3-10/h1,4,7,10-11H,2-3,5-6,8,16H2. The molecule has 2 aromatic rings. The molecule has 0 amide bonds. The SMILES string of the molecule is Nc1ccc(Cl)cc1-c1nnnn1C1CCN(C2CC2)C1. The minimum atomic E-state index is 0.314. The molecule has 2 heterocycles. The number of benzene rings is 1. The molecule has 0 bridgehead atoms. The fourth-order valence-corrected chi connectivity index (χ4v) is 3.25. The zero-order valence-electron chi connectivity index (χ0n) is 11.6. The van der Waals surface area contributed by atoms with Gasteiger partial charge in [-0.25, -0.2) is 4.68 Å². The molecule has 21 heavy (non-hydrogen) atoms. The zero-order valence-corrected chi connectivity index (χ0v) is 12.4. The predicted octanol–water partition coefficient (Wildman–Crippen LogP) is 1.98. The Bertz CT molecular complexity index is 665. The van der Waals surface area contributed by atoms with Gasteiger partial charge in [0.15, 0.2) is 5.82 Å². The van der Waals surface area contributed by atoms with Crippen LogP contribution in [0.3, 0.4) is 0 Å². The molecule has 2 aliphatic rings. The van der Waals surface area contributed by atoms with Crippen LogP contribution in [0.2, 0.25) is 5.02 Å². The summed E-state index contributed by atoms with van der Waals surface area (Å²) in [6, 6.07) is 6.49. The largest absolute Gasteiger partial charge is 0.398 e. The van der Waals surface area contributed by atoms with E-state index in [0.717, 1.165) is 31.1 Å². The third-order valence-corrected chi connectivity index (χ3v) is 4.59. The number of likely N-dealkylation sites (tertiary alicyclic amines) is 1. The Labute approximate surface area is 127 Å². The zero-order chi connectivity index (χ0) is 14.4. The van der Waals surface area contributed by atoms with Crippen LogP contribution in [0, 0.1) is 0 Å². The molecule has 7 heteroatoms. The lowest BCUT2D eigenvalue weighted by Gasteiger charge is -2.16. The number of aromatic nitrogens is 4. The summed E-state index contributed by atoms with van der Waals surface area (Å²) in [7, 11) is 0. The van der Waals surface area contributed by atoms with Crippen molar-refractivity contribution in [3.63, 3.8) is 0 Å². The van der Waals surface area contributed by atoms with Crippen molar-refractivity contribution >= 4 is 17.3 Å². The molecule has 1 aliphatic heterocycles. The van der Waals surface area contributed by atoms with Gasteiger partial charge in [-0.1, -0.05) is 11.6 Å². The lowest BCUT2D eigenvalue weighted by Crippen LogP contribution is -2.24. The molecule has 4 rings (SSSR count). The first kappa shape index (κ1) is 13.0. The number of anilines is 1. The van der Waals surface area contributed by atoms with E-state index in [-0.39, 0.29) is 0 Å². The van der Waals surface area contributed by atoms with Gasteiger partial charge in [0.1, 0.15) is 0 Å². The lowest BCUT2D eigenvalue weighted by molar-refractivity contribution is 0.309. The van der Waals surface area contributed by atoms with Gasteiger partial charge in [0.2, 0.25) is 0 Å². The maximum Gasteiger partial charge on any atom is 0.184 e. The Morgan fingerprint density at radius 2 is 2.05 bits per heavy atom. The number of hydrogen-bond acceptors (Lipinski definition) is 5. The van der Waals surface area contributed by atoms with Crippen molar-refractivity contribution in [2.75, 3.05) is 18.8 Å². The van der Waals surface area contributed by atoms with Gasteiger partial charge in [0.25, 0.3) is 0 Å². The number of hydrogen-bond donors (Lipinski definition) is 1. The highest BCUT2D eigenvalue weighted by Gasteiger charge is 2.36. The quantitative estimate of drug-likeness (QED) is 0.878. The molecule has 2 fully saturated rings. The topological polar surface area (TPSA) is 72.9 Å². The van der Waals surface area contributed by atoms with E-state index < -0.39 is 0 Å². The van der Waals surface area contributed by atoms with E-state index >= 15 is 0 Å². The molecule has 1 atom stereocenters. The van der Waals surface area contributed by atoms with Crippen molar-refractivity contribution in [3.05, 3.63) is 23.2 Å². The fraction of sp³-hybridized carbons (Fsp3) is 0.500. The fourth-order valence-electron chi connectivity index (χ4n) is 3.08. The van der Waals surface area contributed by atoms with Crippen LogP contribution in [-0.2, 0) is 0 Å². The molecule has 1 unspecified atom stereocenters. The minimum absolute atomic E-state index is 0.314. The van der Waals surface area contributed by atoms with E-state index in [9.17, 15) is 0 Å². The van der Waals surface area contributed by atoms with Gasteiger partial charge in [-0.05, 0) is 47.9 Å². The van der Waals surface area contributed by atoms with Gasteiger partial charge < -0.3 is 5.73 Å². The third kappa shape index (κ3) is 2.38. The second-order valence-electron chi connectivity index (χ2n) is 5.85. The van der Waals surface area contributed by atoms with E-state index in [0.29, 0.717) is 22.6 Å². The van der Waals surface area contributed by atoms with E-state index in [1.165, 1.54) is 12.8 Å². The van der Waals surface area contributed by atoms with Crippen LogP contribution in [0.4, 0.5) is 5.69 Å². The Kier molecular flexibility index (Phi) is 3.08. The molecule has 1 aromatic carbocycles. The predicted molar refractivity (Wildman–Crippen MR) is 80.9 cm³/mol. The second kappa shape index (κ2) is 4.96. The van der Waals surface area contributed by atoms with Crippen LogP contribution in [0.15, 0.2) is 18.2 Å². The van der Waals surface area contributed by atoms with Crippen molar-refractivity contribution < 1.29 is 0 Å². The van der Waals surface area contributed by atoms with Crippen molar-refractivity contribution in [3.8, 4) is 11.4 Å². The molecule has 0 radical (unpaired) electrons. The maximum atomic E-state index is 6.08. The lowest BCUT2D eigenvalue weighted by atomic mass is 10.1. The summed E-state index contributed by atoms with van der Waals surface area (Å²) >= 11 is 6.08.